The molecular formula is C20H23Cl2N3O2. The summed E-state index contributed by atoms with van der Waals surface area (Å²) in [6.45, 7) is 5.99. The molecule has 144 valence electrons. The van der Waals surface area contributed by atoms with Gasteiger partial charge in [0, 0.05) is 29.7 Å². The highest BCUT2D eigenvalue weighted by molar-refractivity contribution is 6.35. The first-order chi connectivity index (χ1) is 12.9. The first kappa shape index (κ1) is 19.8. The average molecular weight is 408 g/mol. The number of carbonyl (C=O) groups excluding carboxylic acids is 1. The minimum Gasteiger partial charge on any atom is -0.372 e. The molecule has 1 saturated heterocycles. The second-order valence-corrected chi connectivity index (χ2v) is 7.57. The molecule has 3 rings (SSSR count). The molecule has 7 heteroatoms. The lowest BCUT2D eigenvalue weighted by Gasteiger charge is -2.37. The zero-order valence-electron chi connectivity index (χ0n) is 15.3. The maximum Gasteiger partial charge on any atom is 0.319 e. The predicted molar refractivity (Wildman–Crippen MR) is 111 cm³/mol. The van der Waals surface area contributed by atoms with Crippen molar-refractivity contribution >= 4 is 40.6 Å². The topological polar surface area (TPSA) is 53.6 Å². The molecule has 0 aliphatic carbocycles. The summed E-state index contributed by atoms with van der Waals surface area (Å²) < 4.78 is 5.80. The van der Waals surface area contributed by atoms with Gasteiger partial charge in [0.25, 0.3) is 0 Å². The van der Waals surface area contributed by atoms with Crippen molar-refractivity contribution in [2.75, 3.05) is 23.3 Å². The third-order valence-electron chi connectivity index (χ3n) is 4.37. The number of rotatable bonds is 4. The average Bonchev–Trinajstić information content (AvgIpc) is 2.60. The molecule has 1 heterocycles. The molecule has 0 radical (unpaired) electrons. The Balaban J connectivity index is 1.66. The van der Waals surface area contributed by atoms with Crippen LogP contribution < -0.4 is 15.5 Å². The van der Waals surface area contributed by atoms with Gasteiger partial charge in [0.2, 0.25) is 0 Å². The normalized spacial score (nSPS) is 19.6. The monoisotopic (exact) mass is 407 g/mol. The van der Waals surface area contributed by atoms with E-state index in [1.807, 2.05) is 24.3 Å². The van der Waals surface area contributed by atoms with Crippen molar-refractivity contribution in [2.24, 2.45) is 0 Å². The van der Waals surface area contributed by atoms with Gasteiger partial charge < -0.3 is 20.3 Å². The van der Waals surface area contributed by atoms with Crippen LogP contribution in [0.3, 0.4) is 0 Å². The van der Waals surface area contributed by atoms with Crippen molar-refractivity contribution in [2.45, 2.75) is 32.6 Å². The number of benzene rings is 2. The fraction of sp³-hybridized carbons (Fsp3) is 0.350. The van der Waals surface area contributed by atoms with Crippen LogP contribution in [0.2, 0.25) is 10.0 Å². The lowest BCUT2D eigenvalue weighted by atomic mass is 10.1. The fourth-order valence-corrected chi connectivity index (χ4v) is 3.71. The van der Waals surface area contributed by atoms with Crippen molar-refractivity contribution < 1.29 is 9.53 Å². The van der Waals surface area contributed by atoms with Gasteiger partial charge in [-0.15, -0.1) is 0 Å². The maximum atomic E-state index is 12.4. The smallest absolute Gasteiger partial charge is 0.319 e. The van der Waals surface area contributed by atoms with Gasteiger partial charge in [-0.3, -0.25) is 0 Å². The van der Waals surface area contributed by atoms with E-state index >= 15 is 0 Å². The van der Waals surface area contributed by atoms with Gasteiger partial charge >= 0.3 is 6.03 Å². The summed E-state index contributed by atoms with van der Waals surface area (Å²) in [6.07, 6.45) is 0.283. The Hall–Kier alpha value is -1.95. The number of morpholine rings is 1. The number of halogens is 2. The largest absolute Gasteiger partial charge is 0.372 e. The van der Waals surface area contributed by atoms with Gasteiger partial charge in [0.15, 0.2) is 0 Å². The molecule has 1 fully saturated rings. The molecule has 2 N–H and O–H groups in total. The van der Waals surface area contributed by atoms with Gasteiger partial charge in [0.1, 0.15) is 0 Å². The summed E-state index contributed by atoms with van der Waals surface area (Å²) in [4.78, 5) is 14.6. The van der Waals surface area contributed by atoms with E-state index in [1.54, 1.807) is 18.2 Å². The first-order valence-electron chi connectivity index (χ1n) is 8.90. The molecule has 0 saturated carbocycles. The number of anilines is 2. The van der Waals surface area contributed by atoms with Crippen LogP contribution in [0.5, 0.6) is 0 Å². The van der Waals surface area contributed by atoms with E-state index in [2.05, 4.69) is 29.4 Å². The van der Waals surface area contributed by atoms with Crippen molar-refractivity contribution in [3.8, 4) is 0 Å². The Bertz CT molecular complexity index is 806. The molecule has 0 spiro atoms. The van der Waals surface area contributed by atoms with Crippen LogP contribution in [0.1, 0.15) is 19.4 Å². The molecular weight excluding hydrogens is 385 g/mol. The number of para-hydroxylation sites is 2. The molecule has 0 bridgehead atoms. The van der Waals surface area contributed by atoms with Crippen molar-refractivity contribution in [1.29, 1.82) is 0 Å². The lowest BCUT2D eigenvalue weighted by molar-refractivity contribution is -0.00517. The number of hydrogen-bond donors (Lipinski definition) is 2. The molecule has 2 aromatic rings. The van der Waals surface area contributed by atoms with Crippen LogP contribution >= 0.6 is 23.2 Å². The van der Waals surface area contributed by atoms with Crippen molar-refractivity contribution in [1.82, 2.24) is 5.32 Å². The number of nitrogens with one attached hydrogen (secondary N) is 2. The SMILES string of the molecule is CC1CN(c2ccccc2NC(=O)NCc2ccc(Cl)cc2Cl)CC(C)O1. The van der Waals surface area contributed by atoms with E-state index in [-0.39, 0.29) is 18.2 Å². The molecule has 27 heavy (non-hydrogen) atoms. The number of carbonyl (C=O) groups is 1. The summed E-state index contributed by atoms with van der Waals surface area (Å²) in [5, 5.41) is 6.86. The van der Waals surface area contributed by atoms with E-state index in [0.717, 1.165) is 30.0 Å². The summed E-state index contributed by atoms with van der Waals surface area (Å²) >= 11 is 12.1. The first-order valence-corrected chi connectivity index (χ1v) is 9.66. The summed E-state index contributed by atoms with van der Waals surface area (Å²) in [7, 11) is 0. The number of nitrogens with zero attached hydrogens (tertiary/aromatic N) is 1. The Morgan fingerprint density at radius 1 is 1.15 bits per heavy atom. The Labute approximate surface area is 169 Å². The van der Waals surface area contributed by atoms with Crippen LogP contribution in [-0.2, 0) is 11.3 Å². The standard InChI is InChI=1S/C20H23Cl2N3O2/c1-13-11-25(12-14(2)27-13)19-6-4-3-5-18(19)24-20(26)23-10-15-7-8-16(21)9-17(15)22/h3-9,13-14H,10-12H2,1-2H3,(H2,23,24,26). The van der Waals surface area contributed by atoms with E-state index in [4.69, 9.17) is 27.9 Å². The third-order valence-corrected chi connectivity index (χ3v) is 4.95. The molecule has 2 amide bonds. The molecule has 2 atom stereocenters. The van der Waals surface area contributed by atoms with Gasteiger partial charge in [0.05, 0.1) is 23.6 Å². The van der Waals surface area contributed by atoms with Crippen LogP contribution in [-0.4, -0.2) is 31.3 Å². The highest BCUT2D eigenvalue weighted by atomic mass is 35.5. The Morgan fingerprint density at radius 3 is 2.56 bits per heavy atom. The molecule has 5 nitrogen and oxygen atoms in total. The molecule has 2 unspecified atom stereocenters. The molecule has 1 aliphatic rings. The van der Waals surface area contributed by atoms with E-state index < -0.39 is 0 Å². The van der Waals surface area contributed by atoms with Crippen LogP contribution in [0, 0.1) is 0 Å². The van der Waals surface area contributed by atoms with Crippen molar-refractivity contribution in [3.63, 3.8) is 0 Å². The number of urea groups is 1. The second-order valence-electron chi connectivity index (χ2n) is 6.72. The number of hydrogen-bond acceptors (Lipinski definition) is 3. The Morgan fingerprint density at radius 2 is 1.85 bits per heavy atom. The predicted octanol–water partition coefficient (Wildman–Crippen LogP) is 4.93. The van der Waals surface area contributed by atoms with E-state index in [9.17, 15) is 4.79 Å². The van der Waals surface area contributed by atoms with Crippen LogP contribution in [0.15, 0.2) is 42.5 Å². The highest BCUT2D eigenvalue weighted by Gasteiger charge is 2.24. The molecule has 0 aromatic heterocycles. The molecule has 2 aromatic carbocycles. The summed E-state index contributed by atoms with van der Waals surface area (Å²) in [6, 6.07) is 12.7. The lowest BCUT2D eigenvalue weighted by Crippen LogP contribution is -2.45. The number of ether oxygens (including phenoxy) is 1. The Kier molecular flexibility index (Phi) is 6.47. The van der Waals surface area contributed by atoms with Gasteiger partial charge in [-0.2, -0.15) is 0 Å². The zero-order valence-corrected chi connectivity index (χ0v) is 16.8. The minimum absolute atomic E-state index is 0.141. The van der Waals surface area contributed by atoms with Crippen molar-refractivity contribution in [3.05, 3.63) is 58.1 Å². The van der Waals surface area contributed by atoms with Crippen LogP contribution in [0.25, 0.3) is 0 Å². The molecule has 1 aliphatic heterocycles. The van der Waals surface area contributed by atoms with E-state index in [0.29, 0.717) is 16.6 Å². The maximum absolute atomic E-state index is 12.4. The van der Waals surface area contributed by atoms with Gasteiger partial charge in [-0.25, -0.2) is 4.79 Å². The number of amides is 2. The fourth-order valence-electron chi connectivity index (χ4n) is 3.24. The zero-order chi connectivity index (χ0) is 19.4. The highest BCUT2D eigenvalue weighted by Crippen LogP contribution is 2.28. The van der Waals surface area contributed by atoms with E-state index in [1.165, 1.54) is 0 Å². The minimum atomic E-state index is -0.289. The van der Waals surface area contributed by atoms with Gasteiger partial charge in [-0.1, -0.05) is 41.4 Å². The third kappa shape index (κ3) is 5.28. The van der Waals surface area contributed by atoms with Gasteiger partial charge in [-0.05, 0) is 43.7 Å². The van der Waals surface area contributed by atoms with Crippen LogP contribution in [0.4, 0.5) is 16.2 Å². The summed E-state index contributed by atoms with van der Waals surface area (Å²) in [5.41, 5.74) is 2.55. The second kappa shape index (κ2) is 8.83. The quantitative estimate of drug-likeness (QED) is 0.755. The summed E-state index contributed by atoms with van der Waals surface area (Å²) in [5.74, 6) is 0.